The Hall–Kier alpha value is -3.45. The van der Waals surface area contributed by atoms with Gasteiger partial charge >= 0.3 is 6.18 Å². The van der Waals surface area contributed by atoms with Crippen LogP contribution in [0.4, 0.5) is 23.2 Å². The van der Waals surface area contributed by atoms with Crippen molar-refractivity contribution >= 4 is 17.5 Å². The van der Waals surface area contributed by atoms with E-state index in [1.165, 1.54) is 39.0 Å². The molecule has 0 bridgehead atoms. The normalized spacial score (nSPS) is 20.0. The Morgan fingerprint density at radius 1 is 1.28 bits per heavy atom. The van der Waals surface area contributed by atoms with E-state index in [0.717, 1.165) is 6.20 Å². The van der Waals surface area contributed by atoms with Crippen LogP contribution in [0.5, 0.6) is 11.6 Å². The lowest BCUT2D eigenvalue weighted by Crippen LogP contribution is -2.35. The zero-order valence-corrected chi connectivity index (χ0v) is 19.5. The molecule has 0 radical (unpaired) electrons. The lowest BCUT2D eigenvalue weighted by Gasteiger charge is -2.22. The Morgan fingerprint density at radius 2 is 2.03 bits per heavy atom. The summed E-state index contributed by atoms with van der Waals surface area (Å²) < 4.78 is 61.8. The third-order valence-electron chi connectivity index (χ3n) is 5.88. The average molecular weight is 512 g/mol. The Labute approximate surface area is 203 Å². The maximum Gasteiger partial charge on any atom is 0.422 e. The molecular formula is C23H24F4N4O5. The van der Waals surface area contributed by atoms with E-state index in [4.69, 9.17) is 4.74 Å². The van der Waals surface area contributed by atoms with Gasteiger partial charge in [0.15, 0.2) is 12.7 Å². The van der Waals surface area contributed by atoms with Gasteiger partial charge in [-0.2, -0.15) is 13.2 Å². The van der Waals surface area contributed by atoms with E-state index in [2.05, 4.69) is 9.72 Å². The van der Waals surface area contributed by atoms with Gasteiger partial charge in [0.25, 0.3) is 5.91 Å². The lowest BCUT2D eigenvalue weighted by molar-refractivity contribution is -0.154. The third kappa shape index (κ3) is 5.51. The number of aliphatic hydroxyl groups excluding tert-OH is 1. The summed E-state index contributed by atoms with van der Waals surface area (Å²) in [6.07, 6.45) is -5.19. The number of likely N-dealkylation sites (N-methyl/N-ethyl adjacent to an activating group) is 1. The predicted octanol–water partition coefficient (Wildman–Crippen LogP) is 2.24. The molecule has 2 aromatic rings. The highest BCUT2D eigenvalue weighted by Crippen LogP contribution is 2.37. The zero-order chi connectivity index (χ0) is 26.2. The lowest BCUT2D eigenvalue weighted by atomic mass is 10.1. The van der Waals surface area contributed by atoms with E-state index >= 15 is 0 Å². The molecule has 2 aliphatic rings. The zero-order valence-electron chi connectivity index (χ0n) is 19.5. The number of hydrogen-bond donors (Lipinski definition) is 1. The van der Waals surface area contributed by atoms with Crippen LogP contribution in [0, 0.1) is 5.82 Å². The van der Waals surface area contributed by atoms with E-state index in [1.807, 2.05) is 0 Å². The number of nitrogens with zero attached hydrogens (tertiary/aromatic N) is 4. The Bertz CT molecular complexity index is 1140. The number of aliphatic hydroxyl groups is 1. The minimum Gasteiger partial charge on any atom is -0.479 e. The fourth-order valence-electron chi connectivity index (χ4n) is 4.00. The molecule has 3 heterocycles. The van der Waals surface area contributed by atoms with Gasteiger partial charge in [-0.3, -0.25) is 14.5 Å². The largest absolute Gasteiger partial charge is 0.479 e. The number of carbonyl (C=O) groups is 2. The first-order chi connectivity index (χ1) is 16.9. The summed E-state index contributed by atoms with van der Waals surface area (Å²) in [7, 11) is 3.17. The van der Waals surface area contributed by atoms with Crippen LogP contribution in [0.2, 0.25) is 0 Å². The maximum atomic E-state index is 14.9. The summed E-state index contributed by atoms with van der Waals surface area (Å²) in [5, 5.41) is 10.7. The number of rotatable bonds is 7. The minimum absolute atomic E-state index is 0.0531. The van der Waals surface area contributed by atoms with Gasteiger partial charge < -0.3 is 24.4 Å². The van der Waals surface area contributed by atoms with E-state index in [0.29, 0.717) is 0 Å². The van der Waals surface area contributed by atoms with E-state index < -0.39 is 36.8 Å². The van der Waals surface area contributed by atoms with Crippen molar-refractivity contribution in [2.75, 3.05) is 38.7 Å². The van der Waals surface area contributed by atoms with Crippen LogP contribution in [-0.4, -0.2) is 77.8 Å². The summed E-state index contributed by atoms with van der Waals surface area (Å²) in [4.78, 5) is 32.9. The summed E-state index contributed by atoms with van der Waals surface area (Å²) in [6.45, 7) is -1.30. The molecule has 13 heteroatoms. The second kappa shape index (κ2) is 9.90. The number of benzene rings is 1. The molecule has 1 unspecified atom stereocenters. The molecule has 1 saturated heterocycles. The number of carbonyl (C=O) groups excluding carboxylic acids is 2. The highest BCUT2D eigenvalue weighted by atomic mass is 19.4. The van der Waals surface area contributed by atoms with Crippen LogP contribution in [-0.2, 0) is 16.1 Å². The molecule has 2 atom stereocenters. The van der Waals surface area contributed by atoms with Gasteiger partial charge in [0.05, 0.1) is 12.7 Å². The van der Waals surface area contributed by atoms with Crippen molar-refractivity contribution in [1.29, 1.82) is 0 Å². The summed E-state index contributed by atoms with van der Waals surface area (Å²) >= 11 is 0. The van der Waals surface area contributed by atoms with Gasteiger partial charge in [0.2, 0.25) is 11.8 Å². The van der Waals surface area contributed by atoms with Crippen molar-refractivity contribution in [1.82, 2.24) is 14.8 Å². The van der Waals surface area contributed by atoms with Crippen molar-refractivity contribution in [3.63, 3.8) is 0 Å². The number of fused-ring (bicyclic) bond motifs is 1. The summed E-state index contributed by atoms with van der Waals surface area (Å²) in [5.74, 6) is -1.37. The molecule has 0 spiro atoms. The van der Waals surface area contributed by atoms with Gasteiger partial charge in [-0.1, -0.05) is 0 Å². The van der Waals surface area contributed by atoms with E-state index in [-0.39, 0.29) is 60.4 Å². The molecule has 0 saturated carbocycles. The SMILES string of the molecule is CN(C)C(=O)CN1Cc2c(F)cc(N3CC[C@@H](Oc4ccc(OCC(F)(F)F)nc4)C3=O)cc2C1O. The average Bonchev–Trinajstić information content (AvgIpc) is 3.33. The van der Waals surface area contributed by atoms with Crippen molar-refractivity contribution in [3.05, 3.63) is 47.4 Å². The number of hydrogen-bond acceptors (Lipinski definition) is 7. The fraction of sp³-hybridized carbons (Fsp3) is 0.435. The van der Waals surface area contributed by atoms with Gasteiger partial charge in [-0.05, 0) is 18.2 Å². The van der Waals surface area contributed by atoms with Crippen molar-refractivity contribution in [2.45, 2.75) is 31.5 Å². The van der Waals surface area contributed by atoms with Gasteiger partial charge in [-0.25, -0.2) is 9.37 Å². The molecule has 4 rings (SSSR count). The molecule has 0 aliphatic carbocycles. The van der Waals surface area contributed by atoms with Gasteiger partial charge in [0.1, 0.15) is 17.8 Å². The number of amides is 2. The number of aromatic nitrogens is 1. The summed E-state index contributed by atoms with van der Waals surface area (Å²) in [5.41, 5.74) is 0.791. The molecule has 1 N–H and O–H groups in total. The Morgan fingerprint density at radius 3 is 2.67 bits per heavy atom. The molecule has 1 fully saturated rings. The van der Waals surface area contributed by atoms with Crippen molar-refractivity contribution in [2.24, 2.45) is 0 Å². The predicted molar refractivity (Wildman–Crippen MR) is 118 cm³/mol. The number of anilines is 1. The van der Waals surface area contributed by atoms with E-state index in [1.54, 1.807) is 14.1 Å². The molecule has 1 aromatic carbocycles. The van der Waals surface area contributed by atoms with Crippen LogP contribution in [0.25, 0.3) is 0 Å². The molecule has 9 nitrogen and oxygen atoms in total. The molecule has 36 heavy (non-hydrogen) atoms. The monoisotopic (exact) mass is 512 g/mol. The van der Waals surface area contributed by atoms with Crippen molar-refractivity contribution in [3.8, 4) is 11.6 Å². The Kier molecular flexibility index (Phi) is 7.05. The second-order valence-corrected chi connectivity index (χ2v) is 8.68. The Balaban J connectivity index is 1.42. The highest BCUT2D eigenvalue weighted by molar-refractivity contribution is 5.99. The van der Waals surface area contributed by atoms with Crippen LogP contribution >= 0.6 is 0 Å². The first-order valence-electron chi connectivity index (χ1n) is 11.0. The first kappa shape index (κ1) is 25.6. The third-order valence-corrected chi connectivity index (χ3v) is 5.88. The van der Waals surface area contributed by atoms with Crippen molar-refractivity contribution < 1.29 is 41.7 Å². The molecule has 194 valence electrons. The second-order valence-electron chi connectivity index (χ2n) is 8.68. The number of alkyl halides is 3. The molecule has 2 aliphatic heterocycles. The van der Waals surface area contributed by atoms with E-state index in [9.17, 15) is 32.3 Å². The summed E-state index contributed by atoms with van der Waals surface area (Å²) in [6, 6.07) is 5.27. The quantitative estimate of drug-likeness (QED) is 0.569. The smallest absolute Gasteiger partial charge is 0.422 e. The number of halogens is 4. The number of pyridine rings is 1. The first-order valence-corrected chi connectivity index (χ1v) is 11.0. The highest BCUT2D eigenvalue weighted by Gasteiger charge is 2.38. The van der Waals surface area contributed by atoms with Crippen LogP contribution < -0.4 is 14.4 Å². The standard InChI is InChI=1S/C23H24F4N4O5/c1-29(2)20(32)11-30-10-16-15(21(30)33)7-13(8-17(16)24)31-6-5-18(22(31)34)36-14-3-4-19(28-9-14)35-12-23(25,26)27/h3-4,7-9,18,21,33H,5-6,10-12H2,1-2H3/t18-,21?/m1/s1. The minimum atomic E-state index is -4.49. The van der Waals surface area contributed by atoms with Crippen LogP contribution in [0.3, 0.4) is 0 Å². The molecule has 2 amide bonds. The molecule has 1 aromatic heterocycles. The van der Waals surface area contributed by atoms with Gasteiger partial charge in [-0.15, -0.1) is 0 Å². The molecular weight excluding hydrogens is 488 g/mol. The topological polar surface area (TPSA) is 95.4 Å². The number of ether oxygens (including phenoxy) is 2. The van der Waals surface area contributed by atoms with Gasteiger partial charge in [0, 0.05) is 56.5 Å². The van der Waals surface area contributed by atoms with Crippen LogP contribution in [0.15, 0.2) is 30.5 Å². The van der Waals surface area contributed by atoms with Crippen LogP contribution in [0.1, 0.15) is 23.8 Å². The maximum absolute atomic E-state index is 14.9. The fourth-order valence-corrected chi connectivity index (χ4v) is 4.00.